The van der Waals surface area contributed by atoms with E-state index in [0.717, 1.165) is 35.3 Å². The SMILES string of the molecule is Cc1c2c(nn1C(=N)SC(=N)c1ccc(OC(C)C)c(Cl)c1)CCN(CCC(=O)O)C2. The Kier molecular flexibility index (Phi) is 7.40. The quantitative estimate of drug-likeness (QED) is 0.440. The highest BCUT2D eigenvalue weighted by molar-refractivity contribution is 8.26. The molecule has 1 aromatic carbocycles. The van der Waals surface area contributed by atoms with Gasteiger partial charge in [0.05, 0.1) is 23.2 Å². The fraction of sp³-hybridized carbons (Fsp3) is 0.429. The van der Waals surface area contributed by atoms with E-state index < -0.39 is 5.97 Å². The second-order valence-corrected chi connectivity index (χ2v) is 9.05. The van der Waals surface area contributed by atoms with E-state index in [1.54, 1.807) is 22.9 Å². The van der Waals surface area contributed by atoms with Crippen LogP contribution >= 0.6 is 23.4 Å². The fourth-order valence-corrected chi connectivity index (χ4v) is 4.33. The minimum atomic E-state index is -0.807. The molecule has 0 aliphatic carbocycles. The lowest BCUT2D eigenvalue weighted by atomic mass is 10.1. The van der Waals surface area contributed by atoms with Crippen molar-refractivity contribution in [3.8, 4) is 5.75 Å². The van der Waals surface area contributed by atoms with Gasteiger partial charge in [0.15, 0.2) is 5.17 Å². The Balaban J connectivity index is 1.69. The van der Waals surface area contributed by atoms with E-state index in [-0.39, 0.29) is 22.7 Å². The summed E-state index contributed by atoms with van der Waals surface area (Å²) < 4.78 is 7.19. The number of aliphatic carboxylic acids is 1. The fourth-order valence-electron chi connectivity index (χ4n) is 3.40. The molecule has 0 saturated heterocycles. The molecule has 3 N–H and O–H groups in total. The lowest BCUT2D eigenvalue weighted by Crippen LogP contribution is -2.32. The number of thioether (sulfide) groups is 1. The highest BCUT2D eigenvalue weighted by Crippen LogP contribution is 2.29. The molecule has 8 nitrogen and oxygen atoms in total. The van der Waals surface area contributed by atoms with Crippen LogP contribution in [0.1, 0.15) is 42.8 Å². The normalized spacial score (nSPS) is 13.8. The topological polar surface area (TPSA) is 115 Å². The zero-order valence-electron chi connectivity index (χ0n) is 17.7. The number of aromatic nitrogens is 2. The number of carboxylic acids is 1. The van der Waals surface area contributed by atoms with Gasteiger partial charge in [0.2, 0.25) is 0 Å². The summed E-state index contributed by atoms with van der Waals surface area (Å²) in [5, 5.41) is 31.1. The van der Waals surface area contributed by atoms with E-state index in [4.69, 9.17) is 32.3 Å². The number of ether oxygens (including phenoxy) is 1. The Morgan fingerprint density at radius 3 is 2.77 bits per heavy atom. The summed E-state index contributed by atoms with van der Waals surface area (Å²) in [7, 11) is 0. The molecular weight excluding hydrogens is 438 g/mol. The molecule has 1 aliphatic rings. The minimum Gasteiger partial charge on any atom is -0.489 e. The molecule has 2 aromatic rings. The monoisotopic (exact) mass is 463 g/mol. The summed E-state index contributed by atoms with van der Waals surface area (Å²) in [6.45, 7) is 7.60. The summed E-state index contributed by atoms with van der Waals surface area (Å²) in [5.74, 6) is -0.241. The van der Waals surface area contributed by atoms with Gasteiger partial charge in [-0.1, -0.05) is 11.6 Å². The van der Waals surface area contributed by atoms with Crippen molar-refractivity contribution in [2.45, 2.75) is 46.3 Å². The number of nitrogens with zero attached hydrogens (tertiary/aromatic N) is 3. The third-order valence-corrected chi connectivity index (χ3v) is 6.06. The molecule has 1 aliphatic heterocycles. The van der Waals surface area contributed by atoms with Crippen molar-refractivity contribution < 1.29 is 14.6 Å². The van der Waals surface area contributed by atoms with Crippen molar-refractivity contribution in [1.29, 1.82) is 10.8 Å². The van der Waals surface area contributed by atoms with Gasteiger partial charge >= 0.3 is 5.97 Å². The second-order valence-electron chi connectivity index (χ2n) is 7.64. The molecule has 0 unspecified atom stereocenters. The van der Waals surface area contributed by atoms with Gasteiger partial charge in [0, 0.05) is 42.9 Å². The predicted molar refractivity (Wildman–Crippen MR) is 123 cm³/mol. The standard InChI is InChI=1S/C21H26ClN5O3S/c1-12(2)30-18-5-4-14(10-16(18)22)20(23)31-21(24)27-13(3)15-11-26(9-7-19(28)29)8-6-17(15)25-27/h4-5,10,12,23-24H,6-9,11H2,1-3H3,(H,28,29). The molecule has 31 heavy (non-hydrogen) atoms. The Morgan fingerprint density at radius 1 is 1.39 bits per heavy atom. The maximum Gasteiger partial charge on any atom is 0.304 e. The molecule has 0 bridgehead atoms. The van der Waals surface area contributed by atoms with Crippen molar-refractivity contribution in [2.24, 2.45) is 0 Å². The Bertz CT molecular complexity index is 1020. The van der Waals surface area contributed by atoms with Crippen molar-refractivity contribution in [3.05, 3.63) is 45.7 Å². The van der Waals surface area contributed by atoms with Gasteiger partial charge in [0.1, 0.15) is 10.8 Å². The van der Waals surface area contributed by atoms with Gasteiger partial charge < -0.3 is 9.84 Å². The van der Waals surface area contributed by atoms with Crippen LogP contribution in [0.25, 0.3) is 0 Å². The van der Waals surface area contributed by atoms with Crippen LogP contribution < -0.4 is 4.74 Å². The average molecular weight is 464 g/mol. The number of carboxylic acid groups (broad SMARTS) is 1. The molecule has 0 radical (unpaired) electrons. The molecule has 2 heterocycles. The number of fused-ring (bicyclic) bond motifs is 1. The van der Waals surface area contributed by atoms with E-state index in [9.17, 15) is 4.79 Å². The molecule has 3 rings (SSSR count). The first-order chi connectivity index (χ1) is 14.7. The molecule has 166 valence electrons. The summed E-state index contributed by atoms with van der Waals surface area (Å²) >= 11 is 7.28. The third-order valence-electron chi connectivity index (χ3n) is 4.96. The van der Waals surface area contributed by atoms with Crippen LogP contribution in [0.15, 0.2) is 18.2 Å². The number of halogens is 1. The number of hydrogen-bond acceptors (Lipinski definition) is 7. The number of benzene rings is 1. The average Bonchev–Trinajstić information content (AvgIpc) is 3.03. The molecule has 0 saturated carbocycles. The van der Waals surface area contributed by atoms with Crippen molar-refractivity contribution in [1.82, 2.24) is 14.7 Å². The summed E-state index contributed by atoms with van der Waals surface area (Å²) in [6.07, 6.45) is 0.819. The zero-order valence-corrected chi connectivity index (χ0v) is 19.3. The highest BCUT2D eigenvalue weighted by Gasteiger charge is 2.25. The minimum absolute atomic E-state index is 0.000713. The molecular formula is C21H26ClN5O3S. The molecule has 0 spiro atoms. The molecule has 0 fully saturated rings. The summed E-state index contributed by atoms with van der Waals surface area (Å²) in [5.41, 5.74) is 3.41. The number of hydrogen-bond donors (Lipinski definition) is 3. The first-order valence-corrected chi connectivity index (χ1v) is 11.2. The van der Waals surface area contributed by atoms with Crippen molar-refractivity contribution in [2.75, 3.05) is 13.1 Å². The number of rotatable bonds is 6. The molecule has 1 aromatic heterocycles. The van der Waals surface area contributed by atoms with Crippen LogP contribution in [0.2, 0.25) is 5.02 Å². The highest BCUT2D eigenvalue weighted by atomic mass is 35.5. The Hall–Kier alpha value is -2.36. The summed E-state index contributed by atoms with van der Waals surface area (Å²) in [4.78, 5) is 12.9. The van der Waals surface area contributed by atoms with E-state index in [0.29, 0.717) is 35.8 Å². The van der Waals surface area contributed by atoms with Gasteiger partial charge in [-0.2, -0.15) is 5.10 Å². The van der Waals surface area contributed by atoms with Gasteiger partial charge in [-0.15, -0.1) is 0 Å². The predicted octanol–water partition coefficient (Wildman–Crippen LogP) is 4.01. The van der Waals surface area contributed by atoms with Crippen molar-refractivity contribution >= 4 is 39.5 Å². The Labute approximate surface area is 190 Å². The van der Waals surface area contributed by atoms with E-state index in [1.807, 2.05) is 20.8 Å². The van der Waals surface area contributed by atoms with Crippen LogP contribution in [0.3, 0.4) is 0 Å². The van der Waals surface area contributed by atoms with E-state index >= 15 is 0 Å². The molecule has 10 heteroatoms. The van der Waals surface area contributed by atoms with Gasteiger partial charge in [-0.3, -0.25) is 20.5 Å². The maximum atomic E-state index is 10.8. The van der Waals surface area contributed by atoms with Crippen LogP contribution in [-0.2, 0) is 17.8 Å². The van der Waals surface area contributed by atoms with Crippen LogP contribution in [0.5, 0.6) is 5.75 Å². The second kappa shape index (κ2) is 9.84. The largest absolute Gasteiger partial charge is 0.489 e. The number of nitrogens with one attached hydrogen (secondary N) is 2. The van der Waals surface area contributed by atoms with Gasteiger partial charge in [-0.05, 0) is 50.7 Å². The Morgan fingerprint density at radius 2 is 2.13 bits per heavy atom. The lowest BCUT2D eigenvalue weighted by Gasteiger charge is -2.25. The lowest BCUT2D eigenvalue weighted by molar-refractivity contribution is -0.137. The summed E-state index contributed by atoms with van der Waals surface area (Å²) in [6, 6.07) is 5.16. The molecule has 0 amide bonds. The third kappa shape index (κ3) is 5.66. The van der Waals surface area contributed by atoms with Crippen LogP contribution in [0.4, 0.5) is 0 Å². The first kappa shape index (κ1) is 23.3. The van der Waals surface area contributed by atoms with Crippen LogP contribution in [-0.4, -0.2) is 55.2 Å². The van der Waals surface area contributed by atoms with Crippen molar-refractivity contribution in [3.63, 3.8) is 0 Å². The van der Waals surface area contributed by atoms with Crippen LogP contribution in [0, 0.1) is 17.7 Å². The van der Waals surface area contributed by atoms with Gasteiger partial charge in [-0.25, -0.2) is 4.68 Å². The maximum absolute atomic E-state index is 10.8. The zero-order chi connectivity index (χ0) is 22.7. The van der Waals surface area contributed by atoms with E-state index in [1.165, 1.54) is 0 Å². The molecule has 0 atom stereocenters. The smallest absolute Gasteiger partial charge is 0.304 e. The van der Waals surface area contributed by atoms with E-state index in [2.05, 4.69) is 10.00 Å². The number of carbonyl (C=O) groups is 1. The first-order valence-electron chi connectivity index (χ1n) is 9.99. The van der Waals surface area contributed by atoms with Gasteiger partial charge in [0.25, 0.3) is 0 Å².